The van der Waals surface area contributed by atoms with Crippen LogP contribution in [-0.2, 0) is 6.54 Å². The van der Waals surface area contributed by atoms with Gasteiger partial charge in [-0.1, -0.05) is 19.0 Å². The molecule has 30 heavy (non-hydrogen) atoms. The van der Waals surface area contributed by atoms with Gasteiger partial charge in [-0.2, -0.15) is 0 Å². The summed E-state index contributed by atoms with van der Waals surface area (Å²) in [7, 11) is 1.76. The number of nitrogens with zero attached hydrogens (tertiary/aromatic N) is 4. The van der Waals surface area contributed by atoms with Crippen LogP contribution in [0.25, 0.3) is 0 Å². The largest absolute Gasteiger partial charge is 0.369 e. The molecule has 3 rings (SSSR count). The quantitative estimate of drug-likeness (QED) is 0.326. The predicted molar refractivity (Wildman–Crippen MR) is 129 cm³/mol. The molecule has 2 aromatic rings. The second-order valence-corrected chi connectivity index (χ2v) is 7.53. The minimum atomic E-state index is -0.191. The Bertz CT molecular complexity index is 787. The predicted octanol–water partition coefficient (Wildman–Crippen LogP) is 3.04. The number of aliphatic imine (C=N–C) groups is 1. The number of nitrogens with one attached hydrogen (secondary N) is 2. The summed E-state index contributed by atoms with van der Waals surface area (Å²) in [5.41, 5.74) is 2.05. The van der Waals surface area contributed by atoms with Gasteiger partial charge < -0.3 is 20.1 Å². The maximum absolute atomic E-state index is 13.1. The summed E-state index contributed by atoms with van der Waals surface area (Å²) in [6.45, 7) is 10.4. The Morgan fingerprint density at radius 3 is 2.47 bits per heavy atom. The standard InChI is InChI=1S/C21H31FN6O.HI/c1-16(2)20-14-19(29-26-20)15-25-21(23-3)24-8-9-27-10-12-28(13-11-27)18-6-4-17(22)5-7-18;/h4-7,14,16H,8-13,15H2,1-3H3,(H2,23,24,25);1H. The van der Waals surface area contributed by atoms with Crippen LogP contribution in [0.15, 0.2) is 39.8 Å². The maximum atomic E-state index is 13.1. The van der Waals surface area contributed by atoms with Gasteiger partial charge in [0.15, 0.2) is 11.7 Å². The Hall–Kier alpha value is -1.88. The molecule has 0 spiro atoms. The molecule has 7 nitrogen and oxygen atoms in total. The van der Waals surface area contributed by atoms with E-state index >= 15 is 0 Å². The van der Waals surface area contributed by atoms with Gasteiger partial charge in [0.05, 0.1) is 12.2 Å². The van der Waals surface area contributed by atoms with Crippen LogP contribution in [0, 0.1) is 5.82 Å². The van der Waals surface area contributed by atoms with Crippen molar-refractivity contribution in [1.29, 1.82) is 0 Å². The van der Waals surface area contributed by atoms with E-state index in [2.05, 4.69) is 44.4 Å². The first-order valence-corrected chi connectivity index (χ1v) is 10.2. The first-order valence-electron chi connectivity index (χ1n) is 10.2. The van der Waals surface area contributed by atoms with E-state index in [1.165, 1.54) is 12.1 Å². The van der Waals surface area contributed by atoms with Crippen molar-refractivity contribution in [3.8, 4) is 0 Å². The van der Waals surface area contributed by atoms with Crippen molar-refractivity contribution >= 4 is 35.6 Å². The third-order valence-corrected chi connectivity index (χ3v) is 5.11. The van der Waals surface area contributed by atoms with Gasteiger partial charge in [0.2, 0.25) is 0 Å². The minimum Gasteiger partial charge on any atom is -0.369 e. The van der Waals surface area contributed by atoms with Gasteiger partial charge in [-0.05, 0) is 30.2 Å². The van der Waals surface area contributed by atoms with Crippen molar-refractivity contribution < 1.29 is 8.91 Å². The minimum absolute atomic E-state index is 0. The second kappa shape index (κ2) is 12.1. The number of rotatable bonds is 7. The molecule has 0 atom stereocenters. The zero-order chi connectivity index (χ0) is 20.6. The molecule has 0 saturated carbocycles. The lowest BCUT2D eigenvalue weighted by molar-refractivity contribution is 0.261. The smallest absolute Gasteiger partial charge is 0.191 e. The molecule has 1 saturated heterocycles. The van der Waals surface area contributed by atoms with E-state index < -0.39 is 0 Å². The number of anilines is 1. The molecule has 0 aliphatic carbocycles. The van der Waals surface area contributed by atoms with Gasteiger partial charge >= 0.3 is 0 Å². The van der Waals surface area contributed by atoms with E-state index in [-0.39, 0.29) is 29.8 Å². The summed E-state index contributed by atoms with van der Waals surface area (Å²) in [6.07, 6.45) is 0. The third kappa shape index (κ3) is 7.12. The number of hydrogen-bond donors (Lipinski definition) is 2. The van der Waals surface area contributed by atoms with E-state index in [1.807, 2.05) is 18.2 Å². The van der Waals surface area contributed by atoms with Crippen LogP contribution < -0.4 is 15.5 Å². The van der Waals surface area contributed by atoms with Gasteiger partial charge in [0.25, 0.3) is 0 Å². The lowest BCUT2D eigenvalue weighted by Gasteiger charge is -2.36. The topological polar surface area (TPSA) is 68.9 Å². The zero-order valence-electron chi connectivity index (χ0n) is 17.9. The van der Waals surface area contributed by atoms with E-state index in [1.54, 1.807) is 7.05 Å². The highest BCUT2D eigenvalue weighted by Crippen LogP contribution is 2.16. The highest BCUT2D eigenvalue weighted by Gasteiger charge is 2.17. The molecule has 9 heteroatoms. The molecule has 0 amide bonds. The summed E-state index contributed by atoms with van der Waals surface area (Å²) in [5.74, 6) is 1.71. The lowest BCUT2D eigenvalue weighted by atomic mass is 10.1. The first kappa shape index (κ1) is 24.4. The molecular weight excluding hydrogens is 498 g/mol. The van der Waals surface area contributed by atoms with Gasteiger partial charge in [0, 0.05) is 58.1 Å². The summed E-state index contributed by atoms with van der Waals surface area (Å²) in [5, 5.41) is 10.7. The fourth-order valence-electron chi connectivity index (χ4n) is 3.29. The Kier molecular flexibility index (Phi) is 9.83. The summed E-state index contributed by atoms with van der Waals surface area (Å²) in [4.78, 5) is 8.98. The Morgan fingerprint density at radius 1 is 1.17 bits per heavy atom. The molecule has 0 unspecified atom stereocenters. The Balaban J connectivity index is 0.00000320. The SMILES string of the molecule is CN=C(NCCN1CCN(c2ccc(F)cc2)CC1)NCc1cc(C(C)C)no1.I. The molecule has 1 aliphatic heterocycles. The molecule has 0 radical (unpaired) electrons. The van der Waals surface area contributed by atoms with Crippen molar-refractivity contribution in [2.75, 3.05) is 51.2 Å². The Morgan fingerprint density at radius 2 is 1.87 bits per heavy atom. The monoisotopic (exact) mass is 530 g/mol. The molecule has 166 valence electrons. The lowest BCUT2D eigenvalue weighted by Crippen LogP contribution is -2.49. The molecule has 1 aliphatic rings. The van der Waals surface area contributed by atoms with Crippen LogP contribution >= 0.6 is 24.0 Å². The number of hydrogen-bond acceptors (Lipinski definition) is 5. The van der Waals surface area contributed by atoms with Crippen molar-refractivity contribution in [3.63, 3.8) is 0 Å². The number of benzene rings is 1. The maximum Gasteiger partial charge on any atom is 0.191 e. The Labute approximate surface area is 195 Å². The fraction of sp³-hybridized carbons (Fsp3) is 0.524. The number of halogens is 2. The highest BCUT2D eigenvalue weighted by molar-refractivity contribution is 14.0. The summed E-state index contributed by atoms with van der Waals surface area (Å²) < 4.78 is 18.4. The van der Waals surface area contributed by atoms with Crippen molar-refractivity contribution in [3.05, 3.63) is 47.6 Å². The van der Waals surface area contributed by atoms with Crippen molar-refractivity contribution in [2.45, 2.75) is 26.3 Å². The van der Waals surface area contributed by atoms with Gasteiger partial charge in [-0.25, -0.2) is 4.39 Å². The molecule has 1 aromatic heterocycles. The molecule has 0 bridgehead atoms. The van der Waals surface area contributed by atoms with Gasteiger partial charge in [-0.15, -0.1) is 24.0 Å². The van der Waals surface area contributed by atoms with Crippen LogP contribution in [0.1, 0.15) is 31.2 Å². The molecule has 2 N–H and O–H groups in total. The number of guanidine groups is 1. The van der Waals surface area contributed by atoms with Crippen LogP contribution in [0.2, 0.25) is 0 Å². The van der Waals surface area contributed by atoms with Crippen molar-refractivity contribution in [1.82, 2.24) is 20.7 Å². The number of aromatic nitrogens is 1. The van der Waals surface area contributed by atoms with E-state index in [0.717, 1.165) is 62.4 Å². The van der Waals surface area contributed by atoms with Crippen LogP contribution in [0.4, 0.5) is 10.1 Å². The van der Waals surface area contributed by atoms with Gasteiger partial charge in [0.1, 0.15) is 5.82 Å². The highest BCUT2D eigenvalue weighted by atomic mass is 127. The van der Waals surface area contributed by atoms with Gasteiger partial charge in [-0.3, -0.25) is 9.89 Å². The number of piperazine rings is 1. The second-order valence-electron chi connectivity index (χ2n) is 7.53. The molecule has 1 aromatic carbocycles. The molecule has 1 fully saturated rings. The van der Waals surface area contributed by atoms with E-state index in [0.29, 0.717) is 12.5 Å². The van der Waals surface area contributed by atoms with Crippen LogP contribution in [-0.4, -0.2) is 62.3 Å². The normalized spacial score (nSPS) is 15.2. The van der Waals surface area contributed by atoms with Crippen LogP contribution in [0.3, 0.4) is 0 Å². The van der Waals surface area contributed by atoms with E-state index in [9.17, 15) is 4.39 Å². The fourth-order valence-corrected chi connectivity index (χ4v) is 3.29. The molecule has 2 heterocycles. The summed E-state index contributed by atoms with van der Waals surface area (Å²) in [6, 6.07) is 8.71. The van der Waals surface area contributed by atoms with Crippen LogP contribution in [0.5, 0.6) is 0 Å². The third-order valence-electron chi connectivity index (χ3n) is 5.11. The zero-order valence-corrected chi connectivity index (χ0v) is 20.2. The first-order chi connectivity index (χ1) is 14.0. The van der Waals surface area contributed by atoms with E-state index in [4.69, 9.17) is 4.52 Å². The average molecular weight is 530 g/mol. The molecular formula is C21H32FIN6O. The van der Waals surface area contributed by atoms with Crippen molar-refractivity contribution in [2.24, 2.45) is 4.99 Å². The summed E-state index contributed by atoms with van der Waals surface area (Å²) >= 11 is 0. The average Bonchev–Trinajstić information content (AvgIpc) is 3.21.